The maximum atomic E-state index is 14.3. The average Bonchev–Trinajstić information content (AvgIpc) is 3.41. The van der Waals surface area contributed by atoms with Gasteiger partial charge in [0.05, 0.1) is 23.3 Å². The molecule has 1 aromatic heterocycles. The predicted molar refractivity (Wildman–Crippen MR) is 193 cm³/mol. The Morgan fingerprint density at radius 2 is 1.73 bits per heavy atom. The van der Waals surface area contributed by atoms with Crippen molar-refractivity contribution in [2.45, 2.75) is 82.5 Å². The number of aromatic nitrogens is 1. The topological polar surface area (TPSA) is 124 Å². The number of aryl methyl sites for hydroxylation is 1. The molecule has 3 aromatic carbocycles. The van der Waals surface area contributed by atoms with Crippen LogP contribution in [0.5, 0.6) is 0 Å². The van der Waals surface area contributed by atoms with Gasteiger partial charge in [-0.05, 0) is 61.9 Å². The summed E-state index contributed by atoms with van der Waals surface area (Å²) >= 11 is 0. The van der Waals surface area contributed by atoms with Gasteiger partial charge >= 0.3 is 0 Å². The van der Waals surface area contributed by atoms with E-state index in [1.807, 2.05) is 77.5 Å². The van der Waals surface area contributed by atoms with Crippen LogP contribution in [-0.2, 0) is 40.7 Å². The summed E-state index contributed by atoms with van der Waals surface area (Å²) in [4.78, 5) is 29.7. The third-order valence-electron chi connectivity index (χ3n) is 9.95. The number of anilines is 1. The highest BCUT2D eigenvalue weighted by Crippen LogP contribution is 2.40. The Morgan fingerprint density at radius 3 is 2.41 bits per heavy atom. The number of nitrogens with one attached hydrogen (secondary N) is 2. The zero-order chi connectivity index (χ0) is 34.9. The van der Waals surface area contributed by atoms with E-state index >= 15 is 0 Å². The van der Waals surface area contributed by atoms with Gasteiger partial charge in [-0.15, -0.1) is 0 Å². The fourth-order valence-electron chi connectivity index (χ4n) is 7.13. The smallest absolute Gasteiger partial charge is 0.251 e. The van der Waals surface area contributed by atoms with E-state index in [-0.39, 0.29) is 18.9 Å². The SMILES string of the molecule is CCCCc1cn2c3c(cc(C(=O)N[C@@H](Cc4ccccc4)[C@H](O)[C@@H]4NCCN(Cc5ccccc5)C4=O)cc13)N(C)S(=O)(=O)C(C)(C)C2. The number of sulfonamides is 1. The summed E-state index contributed by atoms with van der Waals surface area (Å²) in [5.74, 6) is -0.681. The predicted octanol–water partition coefficient (Wildman–Crippen LogP) is 4.24. The minimum atomic E-state index is -3.77. The molecule has 1 saturated heterocycles. The first-order valence-corrected chi connectivity index (χ1v) is 18.6. The number of piperazine rings is 1. The van der Waals surface area contributed by atoms with Gasteiger partial charge in [-0.1, -0.05) is 74.0 Å². The minimum Gasteiger partial charge on any atom is -0.389 e. The van der Waals surface area contributed by atoms with Crippen LogP contribution in [0.15, 0.2) is 79.0 Å². The van der Waals surface area contributed by atoms with Gasteiger partial charge in [0, 0.05) is 50.4 Å². The van der Waals surface area contributed by atoms with Crippen LogP contribution in [0.25, 0.3) is 10.9 Å². The number of carbonyl (C=O) groups excluding carboxylic acids is 2. The number of aliphatic hydroxyl groups is 1. The minimum absolute atomic E-state index is 0.228. The Labute approximate surface area is 289 Å². The van der Waals surface area contributed by atoms with Crippen LogP contribution in [-0.4, -0.2) is 77.9 Å². The first kappa shape index (κ1) is 34.7. The van der Waals surface area contributed by atoms with E-state index < -0.39 is 38.9 Å². The fraction of sp³-hybridized carbons (Fsp3) is 0.421. The lowest BCUT2D eigenvalue weighted by molar-refractivity contribution is -0.140. The molecular formula is C38H47N5O5S. The van der Waals surface area contributed by atoms with Gasteiger partial charge in [-0.3, -0.25) is 13.9 Å². The summed E-state index contributed by atoms with van der Waals surface area (Å²) in [7, 11) is -2.22. The largest absolute Gasteiger partial charge is 0.389 e. The van der Waals surface area contributed by atoms with Crippen LogP contribution in [0.1, 0.15) is 60.7 Å². The molecule has 2 aliphatic rings. The van der Waals surface area contributed by atoms with Gasteiger partial charge in [0.2, 0.25) is 15.9 Å². The Balaban J connectivity index is 1.35. The molecule has 0 spiro atoms. The lowest BCUT2D eigenvalue weighted by Crippen LogP contribution is -2.63. The number of amides is 2. The third-order valence-corrected chi connectivity index (χ3v) is 12.4. The van der Waals surface area contributed by atoms with Crippen molar-refractivity contribution in [1.82, 2.24) is 20.1 Å². The summed E-state index contributed by atoms with van der Waals surface area (Å²) in [6.07, 6.45) is 3.82. The molecule has 0 saturated carbocycles. The standard InChI is InChI=1S/C38H47N5O5S/c1-5-6-17-28-24-43-25-38(2,3)49(47,48)41(4)32-22-29(21-30(28)34(32)43)36(45)40-31(20-26-13-9-7-10-14-26)35(44)33-37(46)42(19-18-39-33)23-27-15-11-8-12-16-27/h7-16,21-22,24,31,33,35,39,44H,5-6,17-20,23,25H2,1-4H3,(H,40,45)/t31-,33-,35-/m0/s1. The van der Waals surface area contributed by atoms with E-state index in [0.29, 0.717) is 30.9 Å². The van der Waals surface area contributed by atoms with Crippen molar-refractivity contribution in [3.05, 3.63) is 101 Å². The van der Waals surface area contributed by atoms with E-state index in [2.05, 4.69) is 17.6 Å². The van der Waals surface area contributed by atoms with Gasteiger partial charge in [-0.2, -0.15) is 0 Å². The Hall–Kier alpha value is -4.19. The molecule has 2 aliphatic heterocycles. The number of hydrogen-bond acceptors (Lipinski definition) is 6. The number of carbonyl (C=O) groups is 2. The second-order valence-corrected chi connectivity index (χ2v) is 16.6. The molecule has 1 fully saturated rings. The van der Waals surface area contributed by atoms with Crippen molar-refractivity contribution in [2.75, 3.05) is 24.4 Å². The average molecular weight is 686 g/mol. The number of benzene rings is 3. The van der Waals surface area contributed by atoms with Crippen LogP contribution in [0, 0.1) is 0 Å². The molecule has 3 atom stereocenters. The second kappa shape index (κ2) is 14.0. The van der Waals surface area contributed by atoms with Crippen molar-refractivity contribution >= 4 is 38.4 Å². The lowest BCUT2D eigenvalue weighted by atomic mass is 9.93. The van der Waals surface area contributed by atoms with Gasteiger partial charge < -0.3 is 25.2 Å². The summed E-state index contributed by atoms with van der Waals surface area (Å²) in [5.41, 5.74) is 4.47. The Bertz CT molecular complexity index is 1930. The molecule has 3 heterocycles. The second-order valence-electron chi connectivity index (χ2n) is 13.9. The van der Waals surface area contributed by atoms with Gasteiger partial charge in [0.1, 0.15) is 10.8 Å². The van der Waals surface area contributed by atoms with E-state index in [1.165, 1.54) is 4.31 Å². The lowest BCUT2D eigenvalue weighted by Gasteiger charge is -2.38. The normalized spacial score (nSPS) is 19.8. The molecule has 0 radical (unpaired) electrons. The molecule has 6 rings (SSSR count). The number of rotatable bonds is 11. The summed E-state index contributed by atoms with van der Waals surface area (Å²) in [6.45, 7) is 7.30. The van der Waals surface area contributed by atoms with Crippen molar-refractivity contribution in [1.29, 1.82) is 0 Å². The highest BCUT2D eigenvalue weighted by molar-refractivity contribution is 7.94. The number of nitrogens with zero attached hydrogens (tertiary/aromatic N) is 3. The first-order chi connectivity index (χ1) is 23.4. The van der Waals surface area contributed by atoms with Crippen molar-refractivity contribution < 1.29 is 23.1 Å². The molecule has 0 aliphatic carbocycles. The summed E-state index contributed by atoms with van der Waals surface area (Å²) in [6, 6.07) is 21.0. The van der Waals surface area contributed by atoms with Crippen LogP contribution in [0.4, 0.5) is 5.69 Å². The molecule has 4 aromatic rings. The molecular weight excluding hydrogens is 639 g/mol. The molecule has 0 unspecified atom stereocenters. The van der Waals surface area contributed by atoms with Gasteiger partial charge in [-0.25, -0.2) is 8.42 Å². The zero-order valence-corrected chi connectivity index (χ0v) is 29.5. The maximum absolute atomic E-state index is 14.3. The van der Waals surface area contributed by atoms with Crippen LogP contribution in [0.3, 0.4) is 0 Å². The highest BCUT2D eigenvalue weighted by atomic mass is 32.2. The quantitative estimate of drug-likeness (QED) is 0.217. The third kappa shape index (κ3) is 6.84. The van der Waals surface area contributed by atoms with Crippen molar-refractivity contribution in [2.24, 2.45) is 0 Å². The van der Waals surface area contributed by atoms with E-state index in [1.54, 1.807) is 31.9 Å². The molecule has 2 amide bonds. The molecule has 260 valence electrons. The van der Waals surface area contributed by atoms with E-state index in [0.717, 1.165) is 46.9 Å². The number of aliphatic hydroxyl groups excluding tert-OH is 1. The molecule has 11 heteroatoms. The highest BCUT2D eigenvalue weighted by Gasteiger charge is 2.43. The zero-order valence-electron chi connectivity index (χ0n) is 28.7. The summed E-state index contributed by atoms with van der Waals surface area (Å²) < 4.78 is 29.8. The molecule has 0 bridgehead atoms. The van der Waals surface area contributed by atoms with E-state index in [9.17, 15) is 23.1 Å². The van der Waals surface area contributed by atoms with Crippen LogP contribution in [0.2, 0.25) is 0 Å². The van der Waals surface area contributed by atoms with Crippen molar-refractivity contribution in [3.63, 3.8) is 0 Å². The van der Waals surface area contributed by atoms with E-state index in [4.69, 9.17) is 0 Å². The maximum Gasteiger partial charge on any atom is 0.251 e. The molecule has 49 heavy (non-hydrogen) atoms. The molecule has 10 nitrogen and oxygen atoms in total. The van der Waals surface area contributed by atoms with Gasteiger partial charge in [0.15, 0.2) is 0 Å². The number of unbranched alkanes of at least 4 members (excludes halogenated alkanes) is 1. The first-order valence-electron chi connectivity index (χ1n) is 17.1. The molecule has 3 N–H and O–H groups in total. The number of hydrogen-bond donors (Lipinski definition) is 3. The fourth-order valence-corrected chi connectivity index (χ4v) is 8.57. The Kier molecular flexibility index (Phi) is 9.88. The monoisotopic (exact) mass is 685 g/mol. The Morgan fingerprint density at radius 1 is 1.06 bits per heavy atom. The van der Waals surface area contributed by atoms with Crippen molar-refractivity contribution in [3.8, 4) is 0 Å². The van der Waals surface area contributed by atoms with Gasteiger partial charge in [0.25, 0.3) is 5.91 Å². The summed E-state index contributed by atoms with van der Waals surface area (Å²) in [5, 5.41) is 19.0. The van der Waals surface area contributed by atoms with Crippen LogP contribution < -0.4 is 14.9 Å². The van der Waals surface area contributed by atoms with Crippen LogP contribution >= 0.6 is 0 Å².